The fraction of sp³-hybridized carbons (Fsp3) is 0.429. The van der Waals surface area contributed by atoms with Gasteiger partial charge in [-0.1, -0.05) is 12.1 Å². The molecule has 7 nitrogen and oxygen atoms in total. The van der Waals surface area contributed by atoms with Crippen LogP contribution in [0.25, 0.3) is 0 Å². The fourth-order valence-corrected chi connectivity index (χ4v) is 2.98. The van der Waals surface area contributed by atoms with Gasteiger partial charge in [-0.15, -0.1) is 0 Å². The number of aryl methyl sites for hydroxylation is 1. The lowest BCUT2D eigenvalue weighted by Gasteiger charge is -2.27. The van der Waals surface area contributed by atoms with Crippen molar-refractivity contribution in [2.75, 3.05) is 34.5 Å². The third-order valence-electron chi connectivity index (χ3n) is 4.43. The highest BCUT2D eigenvalue weighted by Crippen LogP contribution is 2.35. The van der Waals surface area contributed by atoms with Gasteiger partial charge in [0.05, 0.1) is 20.8 Å². The molecule has 3 N–H and O–H groups in total. The summed E-state index contributed by atoms with van der Waals surface area (Å²) in [6.07, 6.45) is 0.0800. The molecule has 0 heterocycles. The molecule has 2 atom stereocenters. The first-order valence-electron chi connectivity index (χ1n) is 9.02. The average molecular weight is 392 g/mol. The Kier molecular flexibility index (Phi) is 8.38. The Labute approximate surface area is 165 Å². The Morgan fingerprint density at radius 1 is 0.893 bits per heavy atom. The number of ether oxygens (including phenoxy) is 4. The molecule has 2 aromatic carbocycles. The van der Waals surface area contributed by atoms with Gasteiger partial charge >= 0.3 is 0 Å². The van der Waals surface area contributed by atoms with Gasteiger partial charge in [0.2, 0.25) is 0 Å². The van der Waals surface area contributed by atoms with Crippen molar-refractivity contribution in [3.63, 3.8) is 0 Å². The van der Waals surface area contributed by atoms with Gasteiger partial charge in [-0.2, -0.15) is 0 Å². The van der Waals surface area contributed by atoms with Gasteiger partial charge in [0, 0.05) is 13.7 Å². The van der Waals surface area contributed by atoms with Gasteiger partial charge in [-0.3, -0.25) is 0 Å². The van der Waals surface area contributed by atoms with Crippen molar-refractivity contribution in [2.24, 2.45) is 0 Å². The van der Waals surface area contributed by atoms with E-state index in [1.54, 1.807) is 25.3 Å². The SMILES string of the molecule is COc1cc([C@H](OC)[C@@H](CO)Oc2ccc(CCCO)cc2OC)ccc1O. The van der Waals surface area contributed by atoms with Gasteiger partial charge in [-0.05, 0) is 48.2 Å². The zero-order chi connectivity index (χ0) is 20.5. The van der Waals surface area contributed by atoms with Crippen LogP contribution < -0.4 is 14.2 Å². The molecule has 0 fully saturated rings. The molecule has 0 aliphatic rings. The summed E-state index contributed by atoms with van der Waals surface area (Å²) in [6, 6.07) is 10.4. The average Bonchev–Trinajstić information content (AvgIpc) is 2.73. The molecule has 0 amide bonds. The Morgan fingerprint density at radius 2 is 1.64 bits per heavy atom. The van der Waals surface area contributed by atoms with Crippen molar-refractivity contribution < 1.29 is 34.3 Å². The summed E-state index contributed by atoms with van der Waals surface area (Å²) >= 11 is 0. The highest BCUT2D eigenvalue weighted by Gasteiger charge is 2.26. The number of aromatic hydroxyl groups is 1. The van der Waals surface area contributed by atoms with Crippen LogP contribution in [0.3, 0.4) is 0 Å². The standard InChI is InChI=1S/C21H28O7/c1-25-18-12-15(7-8-16(18)24)21(27-3)20(13-23)28-17-9-6-14(5-4-10-22)11-19(17)26-2/h6-9,11-12,20-24H,4-5,10,13H2,1-3H3/t20-,21+/m1/s1. The van der Waals surface area contributed by atoms with Crippen molar-refractivity contribution in [3.8, 4) is 23.0 Å². The van der Waals surface area contributed by atoms with Crippen LogP contribution in [0.2, 0.25) is 0 Å². The molecular formula is C21H28O7. The van der Waals surface area contributed by atoms with Crippen molar-refractivity contribution >= 4 is 0 Å². The van der Waals surface area contributed by atoms with E-state index in [0.29, 0.717) is 29.2 Å². The molecule has 0 aliphatic heterocycles. The van der Waals surface area contributed by atoms with Crippen molar-refractivity contribution in [1.29, 1.82) is 0 Å². The van der Waals surface area contributed by atoms with E-state index in [1.807, 2.05) is 12.1 Å². The minimum Gasteiger partial charge on any atom is -0.504 e. The summed E-state index contributed by atoms with van der Waals surface area (Å²) < 4.78 is 22.1. The number of phenols is 1. The Hall–Kier alpha value is -2.48. The summed E-state index contributed by atoms with van der Waals surface area (Å²) in [5, 5.41) is 28.7. The molecular weight excluding hydrogens is 364 g/mol. The Morgan fingerprint density at radius 3 is 2.25 bits per heavy atom. The Balaban J connectivity index is 2.26. The summed E-state index contributed by atoms with van der Waals surface area (Å²) in [7, 11) is 4.53. The quantitative estimate of drug-likeness (QED) is 0.540. The van der Waals surface area contributed by atoms with E-state index >= 15 is 0 Å². The number of hydrogen-bond acceptors (Lipinski definition) is 7. The van der Waals surface area contributed by atoms with Crippen LogP contribution in [0.4, 0.5) is 0 Å². The largest absolute Gasteiger partial charge is 0.504 e. The summed E-state index contributed by atoms with van der Waals surface area (Å²) in [4.78, 5) is 0. The number of methoxy groups -OCH3 is 3. The number of rotatable bonds is 11. The summed E-state index contributed by atoms with van der Waals surface area (Å²) in [6.45, 7) is -0.171. The summed E-state index contributed by atoms with van der Waals surface area (Å²) in [5.74, 6) is 1.33. The number of aliphatic hydroxyl groups is 2. The molecule has 2 rings (SSSR count). The predicted octanol–water partition coefficient (Wildman–Crippen LogP) is 2.46. The van der Waals surface area contributed by atoms with Crippen LogP contribution in [0.5, 0.6) is 23.0 Å². The molecule has 7 heteroatoms. The number of hydrogen-bond donors (Lipinski definition) is 3. The minimum atomic E-state index is -0.712. The second-order valence-corrected chi connectivity index (χ2v) is 6.24. The van der Waals surface area contributed by atoms with Gasteiger partial charge in [-0.25, -0.2) is 0 Å². The van der Waals surface area contributed by atoms with Gasteiger partial charge < -0.3 is 34.3 Å². The monoisotopic (exact) mass is 392 g/mol. The molecule has 0 spiro atoms. The van der Waals surface area contributed by atoms with Gasteiger partial charge in [0.15, 0.2) is 29.1 Å². The zero-order valence-corrected chi connectivity index (χ0v) is 16.4. The van der Waals surface area contributed by atoms with Crippen LogP contribution in [0.15, 0.2) is 36.4 Å². The molecule has 0 aliphatic carbocycles. The van der Waals surface area contributed by atoms with E-state index in [9.17, 15) is 10.2 Å². The van der Waals surface area contributed by atoms with Gasteiger partial charge in [0.1, 0.15) is 6.10 Å². The van der Waals surface area contributed by atoms with Crippen LogP contribution in [-0.2, 0) is 11.2 Å². The normalized spacial score (nSPS) is 13.0. The predicted molar refractivity (Wildman–Crippen MR) is 104 cm³/mol. The zero-order valence-electron chi connectivity index (χ0n) is 16.4. The lowest BCUT2D eigenvalue weighted by Crippen LogP contribution is -2.30. The maximum Gasteiger partial charge on any atom is 0.161 e. The van der Waals surface area contributed by atoms with Crippen molar-refractivity contribution in [1.82, 2.24) is 0 Å². The van der Waals surface area contributed by atoms with Crippen LogP contribution in [0, 0.1) is 0 Å². The van der Waals surface area contributed by atoms with Gasteiger partial charge in [0.25, 0.3) is 0 Å². The minimum absolute atomic E-state index is 0.0164. The molecule has 28 heavy (non-hydrogen) atoms. The number of phenolic OH excluding ortho intramolecular Hbond substituents is 1. The van der Waals surface area contributed by atoms with E-state index in [4.69, 9.17) is 24.1 Å². The second-order valence-electron chi connectivity index (χ2n) is 6.24. The van der Waals surface area contributed by atoms with E-state index in [0.717, 1.165) is 12.0 Å². The number of benzene rings is 2. The summed E-state index contributed by atoms with van der Waals surface area (Å²) in [5.41, 5.74) is 1.71. The smallest absolute Gasteiger partial charge is 0.161 e. The molecule has 154 valence electrons. The lowest BCUT2D eigenvalue weighted by molar-refractivity contribution is -0.0265. The van der Waals surface area contributed by atoms with E-state index in [-0.39, 0.29) is 19.0 Å². The molecule has 0 saturated heterocycles. The van der Waals surface area contributed by atoms with Crippen LogP contribution >= 0.6 is 0 Å². The first-order chi connectivity index (χ1) is 13.6. The Bertz CT molecular complexity index is 748. The number of aliphatic hydroxyl groups excluding tert-OH is 2. The van der Waals surface area contributed by atoms with E-state index in [1.165, 1.54) is 20.3 Å². The maximum absolute atomic E-state index is 9.91. The topological polar surface area (TPSA) is 97.6 Å². The first kappa shape index (κ1) is 21.8. The molecule has 0 aromatic heterocycles. The third kappa shape index (κ3) is 5.28. The third-order valence-corrected chi connectivity index (χ3v) is 4.43. The van der Waals surface area contributed by atoms with Crippen molar-refractivity contribution in [3.05, 3.63) is 47.5 Å². The fourth-order valence-electron chi connectivity index (χ4n) is 2.98. The molecule has 0 bridgehead atoms. The second kappa shape index (κ2) is 10.8. The van der Waals surface area contributed by atoms with Crippen LogP contribution in [0.1, 0.15) is 23.7 Å². The first-order valence-corrected chi connectivity index (χ1v) is 9.02. The van der Waals surface area contributed by atoms with E-state index < -0.39 is 12.2 Å². The molecule has 0 radical (unpaired) electrons. The maximum atomic E-state index is 9.91. The lowest BCUT2D eigenvalue weighted by atomic mass is 10.0. The highest BCUT2D eigenvalue weighted by molar-refractivity contribution is 5.44. The van der Waals surface area contributed by atoms with Crippen LogP contribution in [-0.4, -0.2) is 56.0 Å². The molecule has 2 aromatic rings. The van der Waals surface area contributed by atoms with E-state index in [2.05, 4.69) is 0 Å². The molecule has 0 saturated carbocycles. The van der Waals surface area contributed by atoms with Crippen molar-refractivity contribution in [2.45, 2.75) is 25.0 Å². The molecule has 0 unspecified atom stereocenters. The highest BCUT2D eigenvalue weighted by atomic mass is 16.6.